The van der Waals surface area contributed by atoms with Crippen molar-refractivity contribution in [1.29, 1.82) is 0 Å². The fraction of sp³-hybridized carbons (Fsp3) is 0.261. The predicted molar refractivity (Wildman–Crippen MR) is 122 cm³/mol. The van der Waals surface area contributed by atoms with Gasteiger partial charge in [-0.2, -0.15) is 0 Å². The Morgan fingerprint density at radius 2 is 1.83 bits per heavy atom. The third-order valence-corrected chi connectivity index (χ3v) is 4.88. The van der Waals surface area contributed by atoms with Crippen molar-refractivity contribution >= 4 is 25.3 Å². The molecule has 0 atom stereocenters. The Balaban J connectivity index is 1.96. The number of nitrogens with two attached hydrogens (primary N) is 1. The van der Waals surface area contributed by atoms with Crippen molar-refractivity contribution in [2.75, 3.05) is 27.9 Å². The third-order valence-electron chi connectivity index (χ3n) is 4.88. The van der Waals surface area contributed by atoms with Crippen LogP contribution in [-0.2, 0) is 0 Å². The molecule has 0 aliphatic carbocycles. The van der Waals surface area contributed by atoms with E-state index in [1.165, 1.54) is 0 Å². The lowest BCUT2D eigenvalue weighted by molar-refractivity contribution is 0.324. The van der Waals surface area contributed by atoms with Crippen LogP contribution in [0.2, 0.25) is 0 Å². The summed E-state index contributed by atoms with van der Waals surface area (Å²) >= 11 is 0. The van der Waals surface area contributed by atoms with Crippen LogP contribution in [0.15, 0.2) is 58.9 Å². The van der Waals surface area contributed by atoms with Crippen molar-refractivity contribution in [1.82, 2.24) is 4.48 Å². The summed E-state index contributed by atoms with van der Waals surface area (Å²) in [6.45, 7) is 2.56. The molecular formula is C23H26BN3O3. The van der Waals surface area contributed by atoms with Gasteiger partial charge in [0.1, 0.15) is 0 Å². The van der Waals surface area contributed by atoms with Crippen LogP contribution < -0.4 is 19.9 Å². The molecule has 2 N–H and O–H groups in total. The molecule has 0 saturated heterocycles. The van der Waals surface area contributed by atoms with E-state index in [1.807, 2.05) is 55.6 Å². The summed E-state index contributed by atoms with van der Waals surface area (Å²) in [5, 5.41) is 0. The van der Waals surface area contributed by atoms with E-state index in [2.05, 4.69) is 0 Å². The molecule has 0 spiro atoms. The molecule has 154 valence electrons. The molecule has 2 aromatic rings. The summed E-state index contributed by atoms with van der Waals surface area (Å²) in [7, 11) is 10.8. The van der Waals surface area contributed by atoms with Crippen LogP contribution in [0.3, 0.4) is 0 Å². The van der Waals surface area contributed by atoms with Crippen molar-refractivity contribution in [3.05, 3.63) is 65.1 Å². The first kappa shape index (κ1) is 21.5. The Labute approximate surface area is 178 Å². The molecule has 2 heterocycles. The maximum atomic E-state index is 6.06. The number of allylic oxidation sites excluding steroid dienone is 3. The van der Waals surface area contributed by atoms with E-state index in [9.17, 15) is 0 Å². The Morgan fingerprint density at radius 3 is 2.37 bits per heavy atom. The molecule has 1 aromatic heterocycles. The first-order chi connectivity index (χ1) is 14.5. The summed E-state index contributed by atoms with van der Waals surface area (Å²) in [5.41, 5.74) is 11.5. The average Bonchev–Trinajstić information content (AvgIpc) is 3.34. The minimum atomic E-state index is 0.517. The van der Waals surface area contributed by atoms with E-state index < -0.39 is 0 Å². The minimum Gasteiger partial charge on any atom is -0.493 e. The second kappa shape index (κ2) is 9.54. The van der Waals surface area contributed by atoms with Crippen molar-refractivity contribution in [2.45, 2.75) is 13.3 Å². The highest BCUT2D eigenvalue weighted by Crippen LogP contribution is 2.38. The number of hydrogen-bond donors (Lipinski definition) is 1. The first-order valence-corrected chi connectivity index (χ1v) is 9.63. The SMILES string of the molecule is [B]n1cccc1/C(CCN)=C1N=C(/C=C/c2cc(OC)c(OC)c(OC)c2)C=C\1C. The number of nitrogens with zero attached hydrogens (tertiary/aromatic N) is 2. The van der Waals surface area contributed by atoms with Crippen molar-refractivity contribution in [3.63, 3.8) is 0 Å². The quantitative estimate of drug-likeness (QED) is 0.684. The predicted octanol–water partition coefficient (Wildman–Crippen LogP) is 3.62. The molecule has 0 amide bonds. The highest BCUT2D eigenvalue weighted by Gasteiger charge is 2.17. The van der Waals surface area contributed by atoms with Gasteiger partial charge in [0.05, 0.1) is 32.7 Å². The lowest BCUT2D eigenvalue weighted by Gasteiger charge is -2.12. The summed E-state index contributed by atoms with van der Waals surface area (Å²) in [5.74, 6) is 1.77. The molecule has 1 aromatic carbocycles. The van der Waals surface area contributed by atoms with Gasteiger partial charge in [-0.3, -0.25) is 0 Å². The average molecular weight is 403 g/mol. The summed E-state index contributed by atoms with van der Waals surface area (Å²) in [4.78, 5) is 4.82. The van der Waals surface area contributed by atoms with Crippen LogP contribution >= 0.6 is 0 Å². The summed E-state index contributed by atoms with van der Waals surface area (Å²) < 4.78 is 17.8. The van der Waals surface area contributed by atoms with Crippen LogP contribution in [0.5, 0.6) is 17.2 Å². The molecule has 1 aliphatic rings. The highest BCUT2D eigenvalue weighted by molar-refractivity contribution is 6.11. The third kappa shape index (κ3) is 4.36. The van der Waals surface area contributed by atoms with Gasteiger partial charge >= 0.3 is 0 Å². The molecular weight excluding hydrogens is 377 g/mol. The van der Waals surface area contributed by atoms with E-state index in [4.69, 9.17) is 32.9 Å². The molecule has 1 aliphatic heterocycles. The van der Waals surface area contributed by atoms with Gasteiger partial charge in [-0.1, -0.05) is 6.08 Å². The van der Waals surface area contributed by atoms with Crippen LogP contribution in [0.25, 0.3) is 11.6 Å². The van der Waals surface area contributed by atoms with Gasteiger partial charge in [0.2, 0.25) is 13.7 Å². The zero-order valence-electron chi connectivity index (χ0n) is 17.8. The van der Waals surface area contributed by atoms with E-state index in [1.54, 1.807) is 25.8 Å². The first-order valence-electron chi connectivity index (χ1n) is 9.63. The van der Waals surface area contributed by atoms with Gasteiger partial charge < -0.3 is 24.4 Å². The van der Waals surface area contributed by atoms with Crippen molar-refractivity contribution in [2.24, 2.45) is 10.7 Å². The lowest BCUT2D eigenvalue weighted by atomic mass is 10.0. The smallest absolute Gasteiger partial charge is 0.234 e. The molecule has 3 rings (SSSR count). The van der Waals surface area contributed by atoms with Crippen LogP contribution in [-0.4, -0.2) is 46.0 Å². The van der Waals surface area contributed by atoms with Crippen molar-refractivity contribution < 1.29 is 14.2 Å². The fourth-order valence-electron chi connectivity index (χ4n) is 3.47. The molecule has 30 heavy (non-hydrogen) atoms. The molecule has 7 heteroatoms. The van der Waals surface area contributed by atoms with Crippen LogP contribution in [0.4, 0.5) is 0 Å². The second-order valence-corrected chi connectivity index (χ2v) is 6.82. The van der Waals surface area contributed by atoms with Gasteiger partial charge in [0.15, 0.2) is 11.5 Å². The highest BCUT2D eigenvalue weighted by atomic mass is 16.5. The summed E-state index contributed by atoms with van der Waals surface area (Å²) in [6, 6.07) is 7.67. The molecule has 0 fully saturated rings. The maximum Gasteiger partial charge on any atom is 0.234 e. The number of aromatic nitrogens is 1. The molecule has 0 saturated carbocycles. The number of methoxy groups -OCH3 is 3. The number of ether oxygens (including phenoxy) is 3. The van der Waals surface area contributed by atoms with Gasteiger partial charge in [-0.15, -0.1) is 0 Å². The topological polar surface area (TPSA) is 71.0 Å². The summed E-state index contributed by atoms with van der Waals surface area (Å²) in [6.07, 6.45) is 8.47. The number of aliphatic imine (C=N–C) groups is 1. The van der Waals surface area contributed by atoms with E-state index >= 15 is 0 Å². The zero-order valence-corrected chi connectivity index (χ0v) is 17.8. The van der Waals surface area contributed by atoms with Gasteiger partial charge in [0, 0.05) is 11.3 Å². The van der Waals surface area contributed by atoms with E-state index in [-0.39, 0.29) is 0 Å². The number of benzene rings is 1. The van der Waals surface area contributed by atoms with Crippen LogP contribution in [0.1, 0.15) is 24.6 Å². The largest absolute Gasteiger partial charge is 0.493 e. The Hall–Kier alpha value is -3.19. The molecule has 0 unspecified atom stereocenters. The fourth-order valence-corrected chi connectivity index (χ4v) is 3.47. The normalized spacial score (nSPS) is 15.2. The van der Waals surface area contributed by atoms with Gasteiger partial charge in [-0.25, -0.2) is 4.99 Å². The molecule has 6 nitrogen and oxygen atoms in total. The van der Waals surface area contributed by atoms with E-state index in [0.29, 0.717) is 30.2 Å². The second-order valence-electron chi connectivity index (χ2n) is 6.82. The van der Waals surface area contributed by atoms with Gasteiger partial charge in [-0.05, 0) is 73.6 Å². The number of rotatable bonds is 8. The maximum absolute atomic E-state index is 6.06. The standard InChI is InChI=1S/C23H26BN3O3/c1-15-12-17(26-22(15)18(9-10-25)19-6-5-11-27(19)24)8-7-16-13-20(28-2)23(30-4)21(14-16)29-3/h5-8,11-14H,9-10,25H2,1-4H3/b8-7+,22-18-. The Bertz CT molecular complexity index is 1020. The van der Waals surface area contributed by atoms with E-state index in [0.717, 1.165) is 33.8 Å². The lowest BCUT2D eigenvalue weighted by Crippen LogP contribution is -2.05. The van der Waals surface area contributed by atoms with Gasteiger partial charge in [0.25, 0.3) is 0 Å². The van der Waals surface area contributed by atoms with Crippen LogP contribution in [0, 0.1) is 0 Å². The Kier molecular flexibility index (Phi) is 6.85. The Morgan fingerprint density at radius 1 is 1.13 bits per heavy atom. The zero-order chi connectivity index (χ0) is 21.7. The minimum absolute atomic E-state index is 0.517. The number of hydrogen-bond acceptors (Lipinski definition) is 5. The molecule has 0 bridgehead atoms. The molecule has 2 radical (unpaired) electrons. The monoisotopic (exact) mass is 403 g/mol. The van der Waals surface area contributed by atoms with Crippen molar-refractivity contribution in [3.8, 4) is 17.2 Å².